The smallest absolute Gasteiger partial charge is 0.327 e. The molecule has 2 aromatic rings. The molecule has 0 fully saturated rings. The normalized spacial score (nSPS) is 21.0. The first-order valence-electron chi connectivity index (χ1n) is 7.89. The van der Waals surface area contributed by atoms with E-state index in [4.69, 9.17) is 25.8 Å². The van der Waals surface area contributed by atoms with Crippen LogP contribution in [0.2, 0.25) is 5.02 Å². The highest BCUT2D eigenvalue weighted by Gasteiger charge is 2.57. The Labute approximate surface area is 168 Å². The minimum Gasteiger partial charge on any atom is -0.445 e. The summed E-state index contributed by atoms with van der Waals surface area (Å²) in [5.41, 5.74) is 0.375. The summed E-state index contributed by atoms with van der Waals surface area (Å²) in [6, 6.07) is 11.2. The fourth-order valence-corrected chi connectivity index (χ4v) is 3.52. The van der Waals surface area contributed by atoms with Crippen molar-refractivity contribution in [2.75, 3.05) is 0 Å². The Morgan fingerprint density at radius 2 is 1.85 bits per heavy atom. The number of ether oxygens (including phenoxy) is 3. The van der Waals surface area contributed by atoms with Crippen LogP contribution in [0.15, 0.2) is 46.9 Å². The average molecular weight is 454 g/mol. The summed E-state index contributed by atoms with van der Waals surface area (Å²) < 4.78 is 17.3. The van der Waals surface area contributed by atoms with Crippen molar-refractivity contribution in [2.24, 2.45) is 0 Å². The van der Waals surface area contributed by atoms with Crippen LogP contribution < -0.4 is 4.74 Å². The molecule has 1 heterocycles. The molecular formula is C19H14BrClO6. The maximum atomic E-state index is 13.2. The number of ketones is 1. The summed E-state index contributed by atoms with van der Waals surface area (Å²) in [5, 5.41) is 0.185. The number of benzene rings is 2. The highest BCUT2D eigenvalue weighted by molar-refractivity contribution is 9.10. The predicted molar refractivity (Wildman–Crippen MR) is 99.6 cm³/mol. The zero-order valence-corrected chi connectivity index (χ0v) is 16.7. The molecule has 1 aliphatic heterocycles. The van der Waals surface area contributed by atoms with Gasteiger partial charge in [0, 0.05) is 18.3 Å². The van der Waals surface area contributed by atoms with E-state index in [0.29, 0.717) is 4.47 Å². The Morgan fingerprint density at radius 3 is 2.48 bits per heavy atom. The summed E-state index contributed by atoms with van der Waals surface area (Å²) in [6.07, 6.45) is -1.57. The molecule has 27 heavy (non-hydrogen) atoms. The first-order valence-corrected chi connectivity index (χ1v) is 9.06. The number of carbonyl (C=O) groups is 3. The molecule has 3 rings (SSSR count). The molecule has 0 saturated carbocycles. The van der Waals surface area contributed by atoms with E-state index in [9.17, 15) is 14.4 Å². The average Bonchev–Trinajstić information content (AvgIpc) is 2.59. The molecule has 0 saturated heterocycles. The van der Waals surface area contributed by atoms with Crippen LogP contribution in [0.4, 0.5) is 0 Å². The van der Waals surface area contributed by atoms with Gasteiger partial charge in [0.25, 0.3) is 0 Å². The standard InChI is InChI=1S/C19H14BrClO6/c1-10(22)25-18-17(24)13-9-12(20)7-8-16(13)27-19(18,26-11(2)23)14-5-3-4-6-15(14)21/h3-9,18H,1-2H3. The summed E-state index contributed by atoms with van der Waals surface area (Å²) in [4.78, 5) is 36.8. The van der Waals surface area contributed by atoms with E-state index in [1.165, 1.54) is 0 Å². The summed E-state index contributed by atoms with van der Waals surface area (Å²) >= 11 is 9.59. The van der Waals surface area contributed by atoms with Crippen LogP contribution in [-0.4, -0.2) is 23.8 Å². The predicted octanol–water partition coefficient (Wildman–Crippen LogP) is 4.03. The first kappa shape index (κ1) is 19.4. The largest absolute Gasteiger partial charge is 0.445 e. The van der Waals surface area contributed by atoms with Crippen molar-refractivity contribution in [3.63, 3.8) is 0 Å². The third-order valence-electron chi connectivity index (χ3n) is 3.88. The number of halogens is 2. The van der Waals surface area contributed by atoms with Crippen molar-refractivity contribution in [3.8, 4) is 5.75 Å². The molecule has 1 aliphatic rings. The van der Waals surface area contributed by atoms with E-state index < -0.39 is 29.6 Å². The molecule has 2 atom stereocenters. The number of hydrogen-bond acceptors (Lipinski definition) is 6. The lowest BCUT2D eigenvalue weighted by Crippen LogP contribution is -2.56. The van der Waals surface area contributed by atoms with Gasteiger partial charge in [0.2, 0.25) is 11.9 Å². The zero-order valence-electron chi connectivity index (χ0n) is 14.3. The van der Waals surface area contributed by atoms with Gasteiger partial charge in [0.1, 0.15) is 5.75 Å². The molecule has 0 aromatic heterocycles. The molecule has 2 aromatic carbocycles. The second-order valence-electron chi connectivity index (χ2n) is 5.84. The van der Waals surface area contributed by atoms with E-state index in [-0.39, 0.29) is 21.9 Å². The Hall–Kier alpha value is -2.38. The monoisotopic (exact) mass is 452 g/mol. The second-order valence-corrected chi connectivity index (χ2v) is 7.16. The molecule has 0 amide bonds. The fourth-order valence-electron chi connectivity index (χ4n) is 2.89. The van der Waals surface area contributed by atoms with E-state index >= 15 is 0 Å². The number of Topliss-reactive ketones (excluding diaryl/α,β-unsaturated/α-hetero) is 1. The van der Waals surface area contributed by atoms with Gasteiger partial charge in [-0.3, -0.25) is 14.4 Å². The van der Waals surface area contributed by atoms with Gasteiger partial charge >= 0.3 is 17.7 Å². The van der Waals surface area contributed by atoms with Gasteiger partial charge in [-0.25, -0.2) is 0 Å². The second kappa shape index (κ2) is 7.32. The van der Waals surface area contributed by atoms with Gasteiger partial charge in [0.05, 0.1) is 16.1 Å². The number of carbonyl (C=O) groups excluding carboxylic acids is 3. The first-order chi connectivity index (χ1) is 12.7. The van der Waals surface area contributed by atoms with Gasteiger partial charge < -0.3 is 14.2 Å². The molecule has 0 spiro atoms. The minimum absolute atomic E-state index is 0.174. The molecule has 6 nitrogen and oxygen atoms in total. The van der Waals surface area contributed by atoms with Gasteiger partial charge in [-0.1, -0.05) is 39.7 Å². The van der Waals surface area contributed by atoms with Crippen LogP contribution in [0.25, 0.3) is 0 Å². The maximum absolute atomic E-state index is 13.2. The molecular weight excluding hydrogens is 440 g/mol. The Morgan fingerprint density at radius 1 is 1.15 bits per heavy atom. The van der Waals surface area contributed by atoms with Gasteiger partial charge in [0.15, 0.2) is 0 Å². The summed E-state index contributed by atoms with van der Waals surface area (Å²) in [5.74, 6) is -3.92. The molecule has 0 N–H and O–H groups in total. The van der Waals surface area contributed by atoms with Crippen LogP contribution in [0, 0.1) is 0 Å². The summed E-state index contributed by atoms with van der Waals surface area (Å²) in [6.45, 7) is 2.31. The quantitative estimate of drug-likeness (QED) is 0.653. The minimum atomic E-state index is -2.05. The van der Waals surface area contributed by atoms with Crippen LogP contribution in [0.5, 0.6) is 5.75 Å². The lowest BCUT2D eigenvalue weighted by molar-refractivity contribution is -0.238. The van der Waals surface area contributed by atoms with Gasteiger partial charge in [-0.05, 0) is 30.3 Å². The molecule has 2 unspecified atom stereocenters. The topological polar surface area (TPSA) is 78.9 Å². The van der Waals surface area contributed by atoms with Crippen LogP contribution >= 0.6 is 27.5 Å². The van der Waals surface area contributed by atoms with Crippen molar-refractivity contribution >= 4 is 45.3 Å². The Kier molecular flexibility index (Phi) is 5.26. The summed E-state index contributed by atoms with van der Waals surface area (Å²) in [7, 11) is 0. The van der Waals surface area contributed by atoms with Crippen LogP contribution in [0.3, 0.4) is 0 Å². The van der Waals surface area contributed by atoms with E-state index in [0.717, 1.165) is 13.8 Å². The van der Waals surface area contributed by atoms with Gasteiger partial charge in [-0.15, -0.1) is 0 Å². The fraction of sp³-hybridized carbons (Fsp3) is 0.211. The zero-order chi connectivity index (χ0) is 19.8. The maximum Gasteiger partial charge on any atom is 0.327 e. The highest BCUT2D eigenvalue weighted by atomic mass is 79.9. The van der Waals surface area contributed by atoms with Crippen molar-refractivity contribution < 1.29 is 28.6 Å². The molecule has 140 valence electrons. The third kappa shape index (κ3) is 3.57. The van der Waals surface area contributed by atoms with E-state index in [2.05, 4.69) is 15.9 Å². The number of hydrogen-bond donors (Lipinski definition) is 0. The van der Waals surface area contributed by atoms with Crippen molar-refractivity contribution in [2.45, 2.75) is 25.7 Å². The molecule has 0 bridgehead atoms. The highest BCUT2D eigenvalue weighted by Crippen LogP contribution is 2.45. The lowest BCUT2D eigenvalue weighted by atomic mass is 9.89. The Balaban J connectivity index is 2.29. The number of rotatable bonds is 3. The number of esters is 2. The van der Waals surface area contributed by atoms with E-state index in [1.54, 1.807) is 42.5 Å². The molecule has 0 radical (unpaired) electrons. The van der Waals surface area contributed by atoms with Crippen molar-refractivity contribution in [1.82, 2.24) is 0 Å². The third-order valence-corrected chi connectivity index (χ3v) is 4.70. The number of fused-ring (bicyclic) bond motifs is 1. The lowest BCUT2D eigenvalue weighted by Gasteiger charge is -2.41. The molecule has 0 aliphatic carbocycles. The van der Waals surface area contributed by atoms with Crippen molar-refractivity contribution in [3.05, 3.63) is 63.1 Å². The van der Waals surface area contributed by atoms with Crippen molar-refractivity contribution in [1.29, 1.82) is 0 Å². The molecule has 8 heteroatoms. The van der Waals surface area contributed by atoms with Gasteiger partial charge in [-0.2, -0.15) is 0 Å². The van der Waals surface area contributed by atoms with Crippen LogP contribution in [-0.2, 0) is 24.8 Å². The van der Waals surface area contributed by atoms with E-state index in [1.807, 2.05) is 0 Å². The van der Waals surface area contributed by atoms with Crippen LogP contribution in [0.1, 0.15) is 29.8 Å². The SMILES string of the molecule is CC(=O)OC1C(=O)c2cc(Br)ccc2OC1(OC(C)=O)c1ccccc1Cl. The Bertz CT molecular complexity index is 944.